The Balaban J connectivity index is 1.41. The van der Waals surface area contributed by atoms with Crippen LogP contribution in [-0.4, -0.2) is 4.98 Å². The van der Waals surface area contributed by atoms with Gasteiger partial charge in [-0.25, -0.2) is 0 Å². The highest BCUT2D eigenvalue weighted by molar-refractivity contribution is 6.10. The molecule has 2 heterocycles. The van der Waals surface area contributed by atoms with Crippen molar-refractivity contribution in [1.29, 1.82) is 0 Å². The van der Waals surface area contributed by atoms with E-state index in [1.807, 2.05) is 12.1 Å². The van der Waals surface area contributed by atoms with E-state index >= 15 is 0 Å². The Hall–Kier alpha value is -4.30. The average molecular weight is 409 g/mol. The maximum atomic E-state index is 6.27. The first kappa shape index (κ1) is 17.4. The average Bonchev–Trinajstić information content (AvgIpc) is 3.42. The summed E-state index contributed by atoms with van der Waals surface area (Å²) < 4.78 is 6.27. The number of H-pyrrole nitrogens is 1. The van der Waals surface area contributed by atoms with E-state index in [9.17, 15) is 0 Å². The van der Waals surface area contributed by atoms with Crippen molar-refractivity contribution in [1.82, 2.24) is 4.98 Å². The third-order valence-electron chi connectivity index (χ3n) is 6.42. The Labute approximate surface area is 184 Å². The molecule has 0 unspecified atom stereocenters. The number of benzene rings is 5. The zero-order valence-electron chi connectivity index (χ0n) is 17.3. The molecule has 0 aliphatic rings. The number of hydrogen-bond donors (Lipinski definition) is 1. The van der Waals surface area contributed by atoms with E-state index in [1.54, 1.807) is 0 Å². The van der Waals surface area contributed by atoms with E-state index in [0.29, 0.717) is 0 Å². The fraction of sp³-hybridized carbons (Fsp3) is 0. The summed E-state index contributed by atoms with van der Waals surface area (Å²) in [5.74, 6) is 0. The number of nitrogens with one attached hydrogen (secondary N) is 1. The first-order valence-electron chi connectivity index (χ1n) is 10.9. The van der Waals surface area contributed by atoms with Crippen LogP contribution in [0.5, 0.6) is 0 Å². The molecule has 0 amide bonds. The van der Waals surface area contributed by atoms with Crippen molar-refractivity contribution in [2.75, 3.05) is 0 Å². The van der Waals surface area contributed by atoms with Crippen molar-refractivity contribution < 1.29 is 4.42 Å². The fourth-order valence-electron chi connectivity index (χ4n) is 4.87. The van der Waals surface area contributed by atoms with Crippen molar-refractivity contribution in [2.24, 2.45) is 0 Å². The van der Waals surface area contributed by atoms with Gasteiger partial charge in [-0.1, -0.05) is 78.9 Å². The van der Waals surface area contributed by atoms with Crippen molar-refractivity contribution in [3.63, 3.8) is 0 Å². The fourth-order valence-corrected chi connectivity index (χ4v) is 4.87. The molecule has 7 rings (SSSR count). The topological polar surface area (TPSA) is 28.9 Å². The summed E-state index contributed by atoms with van der Waals surface area (Å²) >= 11 is 0. The van der Waals surface area contributed by atoms with E-state index in [0.717, 1.165) is 38.6 Å². The van der Waals surface area contributed by atoms with Gasteiger partial charge in [0.2, 0.25) is 0 Å². The number of furan rings is 1. The van der Waals surface area contributed by atoms with Crippen LogP contribution in [0, 0.1) is 0 Å². The van der Waals surface area contributed by atoms with Crippen LogP contribution in [0.2, 0.25) is 0 Å². The van der Waals surface area contributed by atoms with Crippen LogP contribution in [0.25, 0.3) is 66.0 Å². The SMILES string of the molecule is c1cc(-c2ccc3[nH]c4ccccc4c3c2)cc(-c2cccc3c2oc2ccccc23)c1. The Morgan fingerprint density at radius 3 is 2.16 bits per heavy atom. The molecule has 5 aromatic carbocycles. The van der Waals surface area contributed by atoms with Gasteiger partial charge in [-0.15, -0.1) is 0 Å². The van der Waals surface area contributed by atoms with Crippen molar-refractivity contribution in [3.05, 3.63) is 109 Å². The second kappa shape index (κ2) is 6.60. The van der Waals surface area contributed by atoms with Crippen LogP contribution in [-0.2, 0) is 0 Å². The number of para-hydroxylation sites is 3. The molecule has 2 heteroatoms. The maximum absolute atomic E-state index is 6.27. The third kappa shape index (κ3) is 2.53. The van der Waals surface area contributed by atoms with E-state index in [1.165, 1.54) is 27.4 Å². The summed E-state index contributed by atoms with van der Waals surface area (Å²) in [6, 6.07) is 38.5. The molecule has 0 saturated heterocycles. The van der Waals surface area contributed by atoms with Crippen LogP contribution < -0.4 is 0 Å². The lowest BCUT2D eigenvalue weighted by atomic mass is 9.97. The summed E-state index contributed by atoms with van der Waals surface area (Å²) in [4.78, 5) is 3.51. The molecular formula is C30H19NO. The number of hydrogen-bond acceptors (Lipinski definition) is 1. The summed E-state index contributed by atoms with van der Waals surface area (Å²) in [5, 5.41) is 4.82. The largest absolute Gasteiger partial charge is 0.455 e. The number of fused-ring (bicyclic) bond motifs is 6. The first-order chi connectivity index (χ1) is 15.8. The minimum atomic E-state index is 0.927. The molecule has 1 N–H and O–H groups in total. The molecular weight excluding hydrogens is 390 g/mol. The monoisotopic (exact) mass is 409 g/mol. The van der Waals surface area contributed by atoms with E-state index in [-0.39, 0.29) is 0 Å². The maximum Gasteiger partial charge on any atom is 0.143 e. The van der Waals surface area contributed by atoms with Gasteiger partial charge in [-0.05, 0) is 47.0 Å². The highest BCUT2D eigenvalue weighted by Crippen LogP contribution is 2.37. The van der Waals surface area contributed by atoms with Crippen molar-refractivity contribution in [3.8, 4) is 22.3 Å². The lowest BCUT2D eigenvalue weighted by Gasteiger charge is -2.07. The molecule has 0 aliphatic heterocycles. The standard InChI is InChI=1S/C30H19NO/c1-3-13-27-23(9-1)26-18-20(15-16-28(26)31-27)19-7-5-8-21(17-19)22-11-6-12-25-24-10-2-4-14-29(24)32-30(22)25/h1-18,31H. The van der Waals surface area contributed by atoms with Gasteiger partial charge >= 0.3 is 0 Å². The molecule has 0 fully saturated rings. The van der Waals surface area contributed by atoms with E-state index in [2.05, 4.69) is 102 Å². The molecule has 0 spiro atoms. The Bertz CT molecular complexity index is 1780. The Morgan fingerprint density at radius 2 is 1.19 bits per heavy atom. The van der Waals surface area contributed by atoms with Gasteiger partial charge < -0.3 is 9.40 Å². The molecule has 0 aliphatic carbocycles. The normalized spacial score (nSPS) is 11.8. The molecule has 150 valence electrons. The first-order valence-corrected chi connectivity index (χ1v) is 10.9. The van der Waals surface area contributed by atoms with Gasteiger partial charge in [0, 0.05) is 38.1 Å². The number of aromatic nitrogens is 1. The van der Waals surface area contributed by atoms with Gasteiger partial charge in [-0.3, -0.25) is 0 Å². The minimum absolute atomic E-state index is 0.927. The lowest BCUT2D eigenvalue weighted by molar-refractivity contribution is 0.670. The van der Waals surface area contributed by atoms with Crippen LogP contribution in [0.3, 0.4) is 0 Å². The molecule has 0 radical (unpaired) electrons. The molecule has 2 nitrogen and oxygen atoms in total. The predicted molar refractivity (Wildman–Crippen MR) is 134 cm³/mol. The van der Waals surface area contributed by atoms with Crippen LogP contribution >= 0.6 is 0 Å². The molecule has 0 atom stereocenters. The molecule has 2 aromatic heterocycles. The third-order valence-corrected chi connectivity index (χ3v) is 6.42. The van der Waals surface area contributed by atoms with Crippen LogP contribution in [0.15, 0.2) is 114 Å². The number of aromatic amines is 1. The Kier molecular flexibility index (Phi) is 3.58. The smallest absolute Gasteiger partial charge is 0.143 e. The van der Waals surface area contributed by atoms with Gasteiger partial charge in [0.1, 0.15) is 11.2 Å². The van der Waals surface area contributed by atoms with Gasteiger partial charge in [-0.2, -0.15) is 0 Å². The molecule has 0 bridgehead atoms. The van der Waals surface area contributed by atoms with E-state index in [4.69, 9.17) is 4.42 Å². The highest BCUT2D eigenvalue weighted by atomic mass is 16.3. The molecule has 0 saturated carbocycles. The van der Waals surface area contributed by atoms with Gasteiger partial charge in [0.05, 0.1) is 0 Å². The second-order valence-corrected chi connectivity index (χ2v) is 8.29. The van der Waals surface area contributed by atoms with E-state index < -0.39 is 0 Å². The molecule has 7 aromatic rings. The summed E-state index contributed by atoms with van der Waals surface area (Å²) in [6.45, 7) is 0. The minimum Gasteiger partial charge on any atom is -0.455 e. The predicted octanol–water partition coefficient (Wildman–Crippen LogP) is 8.55. The second-order valence-electron chi connectivity index (χ2n) is 8.29. The molecule has 32 heavy (non-hydrogen) atoms. The van der Waals surface area contributed by atoms with Crippen molar-refractivity contribution in [2.45, 2.75) is 0 Å². The van der Waals surface area contributed by atoms with Crippen LogP contribution in [0.4, 0.5) is 0 Å². The van der Waals surface area contributed by atoms with Crippen molar-refractivity contribution >= 4 is 43.7 Å². The van der Waals surface area contributed by atoms with Crippen LogP contribution in [0.1, 0.15) is 0 Å². The highest BCUT2D eigenvalue weighted by Gasteiger charge is 2.13. The summed E-state index contributed by atoms with van der Waals surface area (Å²) in [5.41, 5.74) is 8.89. The zero-order valence-corrected chi connectivity index (χ0v) is 17.3. The summed E-state index contributed by atoms with van der Waals surface area (Å²) in [6.07, 6.45) is 0. The number of rotatable bonds is 2. The zero-order chi connectivity index (χ0) is 21.1. The quantitative estimate of drug-likeness (QED) is 0.304. The van der Waals surface area contributed by atoms with Gasteiger partial charge in [0.25, 0.3) is 0 Å². The Morgan fingerprint density at radius 1 is 0.469 bits per heavy atom. The lowest BCUT2D eigenvalue weighted by Crippen LogP contribution is -1.82. The summed E-state index contributed by atoms with van der Waals surface area (Å²) in [7, 11) is 0. The van der Waals surface area contributed by atoms with Gasteiger partial charge in [0.15, 0.2) is 0 Å².